The van der Waals surface area contributed by atoms with Gasteiger partial charge >= 0.3 is 0 Å². The van der Waals surface area contributed by atoms with E-state index in [0.29, 0.717) is 4.58 Å². The molecule has 1 aliphatic heterocycles. The van der Waals surface area contributed by atoms with Crippen molar-refractivity contribution in [3.05, 3.63) is 0 Å². The molecule has 2 atom stereocenters. The van der Waals surface area contributed by atoms with Crippen molar-refractivity contribution in [3.63, 3.8) is 0 Å². The summed E-state index contributed by atoms with van der Waals surface area (Å²) in [7, 11) is 0. The molecule has 10 heavy (non-hydrogen) atoms. The smallest absolute Gasteiger partial charge is 0.0595 e. The third kappa shape index (κ3) is 3.69. The first-order chi connectivity index (χ1) is 4.84. The first-order valence-corrected chi connectivity index (χ1v) is 6.61. The summed E-state index contributed by atoms with van der Waals surface area (Å²) in [5, 5.41) is 0.857. The Morgan fingerprint density at radius 1 is 1.40 bits per heavy atom. The maximum Gasteiger partial charge on any atom is 0.0595 e. The van der Waals surface area contributed by atoms with Crippen molar-refractivity contribution in [3.8, 4) is 0 Å². The predicted molar refractivity (Wildman–Crippen MR) is 59.9 cm³/mol. The lowest BCUT2D eigenvalue weighted by atomic mass is 10.4. The molecule has 1 fully saturated rings. The summed E-state index contributed by atoms with van der Waals surface area (Å²) in [6.45, 7) is 0. The number of thioether (sulfide) groups is 2. The van der Waals surface area contributed by atoms with Gasteiger partial charge in [-0.2, -0.15) is 37.0 Å². The van der Waals surface area contributed by atoms with Crippen molar-refractivity contribution in [2.24, 2.45) is 0 Å². The van der Waals surface area contributed by atoms with Crippen LogP contribution in [-0.4, -0.2) is 27.1 Å². The van der Waals surface area contributed by atoms with E-state index in [1.165, 1.54) is 17.9 Å². The maximum atomic E-state index is 4.34. The summed E-state index contributed by atoms with van der Waals surface area (Å²) in [5.41, 5.74) is 0. The quantitative estimate of drug-likeness (QED) is 0.408. The molecular weight excluding hydrogens is 200 g/mol. The number of rotatable bonds is 5. The third-order valence-electron chi connectivity index (χ3n) is 1.34. The Kier molecular flexibility index (Phi) is 4.86. The van der Waals surface area contributed by atoms with Gasteiger partial charge < -0.3 is 0 Å². The van der Waals surface area contributed by atoms with Crippen molar-refractivity contribution in [2.45, 2.75) is 16.3 Å². The second-order valence-corrected chi connectivity index (χ2v) is 6.15. The standard InChI is InChI=1S/C6H12S4/c7-2-4-9-3-1-5-6(8)10-5/h5-8H,1-4H2. The molecule has 2 unspecified atom stereocenters. The molecule has 0 nitrogen and oxygen atoms in total. The fraction of sp³-hybridized carbons (Fsp3) is 1.00. The minimum Gasteiger partial charge on any atom is -0.179 e. The summed E-state index contributed by atoms with van der Waals surface area (Å²) >= 11 is 12.5. The van der Waals surface area contributed by atoms with Crippen LogP contribution in [0.2, 0.25) is 0 Å². The Morgan fingerprint density at radius 3 is 2.60 bits per heavy atom. The lowest BCUT2D eigenvalue weighted by Crippen LogP contribution is -1.91. The molecule has 0 bridgehead atoms. The average molecular weight is 212 g/mol. The zero-order chi connectivity index (χ0) is 7.40. The summed E-state index contributed by atoms with van der Waals surface area (Å²) in [6, 6.07) is 0. The normalized spacial score (nSPS) is 30.6. The van der Waals surface area contributed by atoms with Crippen LogP contribution in [0.25, 0.3) is 0 Å². The SMILES string of the molecule is SCCSCCC1SC1S. The van der Waals surface area contributed by atoms with Crippen molar-refractivity contribution in [1.29, 1.82) is 0 Å². The van der Waals surface area contributed by atoms with Gasteiger partial charge in [0.2, 0.25) is 0 Å². The maximum absolute atomic E-state index is 4.34. The second kappa shape index (κ2) is 5.12. The van der Waals surface area contributed by atoms with Crippen LogP contribution in [0.1, 0.15) is 6.42 Å². The minimum absolute atomic E-state index is 0.650. The minimum atomic E-state index is 0.650. The zero-order valence-corrected chi connectivity index (χ0v) is 9.12. The van der Waals surface area contributed by atoms with Crippen LogP contribution >= 0.6 is 48.8 Å². The van der Waals surface area contributed by atoms with Gasteiger partial charge in [-0.05, 0) is 17.9 Å². The molecular formula is C6H12S4. The molecule has 0 spiro atoms. The monoisotopic (exact) mass is 212 g/mol. The predicted octanol–water partition coefficient (Wildman–Crippen LogP) is 2.41. The van der Waals surface area contributed by atoms with E-state index in [1.807, 2.05) is 23.5 Å². The second-order valence-electron chi connectivity index (χ2n) is 2.19. The molecule has 1 saturated heterocycles. The highest BCUT2D eigenvalue weighted by molar-refractivity contribution is 8.18. The van der Waals surface area contributed by atoms with Gasteiger partial charge in [0.05, 0.1) is 4.58 Å². The molecule has 1 rings (SSSR count). The Hall–Kier alpha value is 1.40. The molecule has 1 heterocycles. The van der Waals surface area contributed by atoms with E-state index < -0.39 is 0 Å². The first kappa shape index (κ1) is 9.49. The highest BCUT2D eigenvalue weighted by Gasteiger charge is 2.33. The molecule has 0 saturated carbocycles. The Balaban J connectivity index is 1.78. The molecule has 0 aromatic heterocycles. The fourth-order valence-electron chi connectivity index (χ4n) is 0.710. The summed E-state index contributed by atoms with van der Waals surface area (Å²) in [5.74, 6) is 3.49. The van der Waals surface area contributed by atoms with E-state index in [2.05, 4.69) is 25.3 Å². The van der Waals surface area contributed by atoms with Gasteiger partial charge in [0.1, 0.15) is 0 Å². The Bertz CT molecular complexity index is 95.7. The van der Waals surface area contributed by atoms with Crippen LogP contribution in [0.5, 0.6) is 0 Å². The van der Waals surface area contributed by atoms with Crippen LogP contribution in [0.3, 0.4) is 0 Å². The molecule has 0 amide bonds. The molecule has 1 aliphatic rings. The van der Waals surface area contributed by atoms with Crippen LogP contribution < -0.4 is 0 Å². The van der Waals surface area contributed by atoms with E-state index in [9.17, 15) is 0 Å². The molecule has 0 radical (unpaired) electrons. The molecule has 4 heteroatoms. The molecule has 60 valence electrons. The van der Waals surface area contributed by atoms with E-state index >= 15 is 0 Å². The largest absolute Gasteiger partial charge is 0.179 e. The first-order valence-electron chi connectivity index (χ1n) is 3.36. The summed E-state index contributed by atoms with van der Waals surface area (Å²) in [6.07, 6.45) is 1.33. The van der Waals surface area contributed by atoms with Crippen LogP contribution in [0.4, 0.5) is 0 Å². The molecule has 0 aromatic rings. The number of hydrogen-bond donors (Lipinski definition) is 2. The van der Waals surface area contributed by atoms with Crippen molar-refractivity contribution in [1.82, 2.24) is 0 Å². The third-order valence-corrected chi connectivity index (χ3v) is 4.96. The van der Waals surface area contributed by atoms with Gasteiger partial charge in [0.25, 0.3) is 0 Å². The van der Waals surface area contributed by atoms with Gasteiger partial charge in [0.15, 0.2) is 0 Å². The van der Waals surface area contributed by atoms with Gasteiger partial charge in [-0.25, -0.2) is 0 Å². The molecule has 0 aliphatic carbocycles. The Morgan fingerprint density at radius 2 is 2.10 bits per heavy atom. The number of thiol groups is 2. The van der Waals surface area contributed by atoms with E-state index in [4.69, 9.17) is 0 Å². The lowest BCUT2D eigenvalue weighted by molar-refractivity contribution is 0.977. The summed E-state index contributed by atoms with van der Waals surface area (Å²) < 4.78 is 0.650. The van der Waals surface area contributed by atoms with Gasteiger partial charge in [-0.1, -0.05) is 0 Å². The average Bonchev–Trinajstić information content (AvgIpc) is 2.60. The zero-order valence-electron chi connectivity index (χ0n) is 5.69. The molecule has 0 N–H and O–H groups in total. The van der Waals surface area contributed by atoms with Crippen LogP contribution in [0.15, 0.2) is 0 Å². The number of hydrogen-bond acceptors (Lipinski definition) is 4. The van der Waals surface area contributed by atoms with Crippen LogP contribution in [-0.2, 0) is 0 Å². The summed E-state index contributed by atoms with van der Waals surface area (Å²) in [4.78, 5) is 0. The highest BCUT2D eigenvalue weighted by atomic mass is 32.2. The van der Waals surface area contributed by atoms with E-state index in [1.54, 1.807) is 0 Å². The van der Waals surface area contributed by atoms with Crippen LogP contribution in [0, 0.1) is 0 Å². The van der Waals surface area contributed by atoms with Gasteiger partial charge in [-0.15, -0.1) is 11.8 Å². The molecule has 0 aromatic carbocycles. The van der Waals surface area contributed by atoms with E-state index in [-0.39, 0.29) is 0 Å². The van der Waals surface area contributed by atoms with Gasteiger partial charge in [0, 0.05) is 11.0 Å². The van der Waals surface area contributed by atoms with E-state index in [0.717, 1.165) is 11.0 Å². The van der Waals surface area contributed by atoms with Crippen molar-refractivity contribution in [2.75, 3.05) is 17.3 Å². The Labute approximate surface area is 82.1 Å². The highest BCUT2D eigenvalue weighted by Crippen LogP contribution is 2.46. The van der Waals surface area contributed by atoms with Crippen molar-refractivity contribution >= 4 is 48.8 Å². The fourth-order valence-corrected chi connectivity index (χ4v) is 3.28. The van der Waals surface area contributed by atoms with Crippen molar-refractivity contribution < 1.29 is 0 Å². The van der Waals surface area contributed by atoms with Gasteiger partial charge in [-0.3, -0.25) is 0 Å². The lowest BCUT2D eigenvalue weighted by Gasteiger charge is -1.95. The topological polar surface area (TPSA) is 0 Å².